The number of unbranched alkanes of at least 4 members (excludes halogenated alkanes) is 3. The van der Waals surface area contributed by atoms with Gasteiger partial charge in [0.15, 0.2) is 17.0 Å². The monoisotopic (exact) mass is 290 g/mol. The molecular formula is C15H26N6. The van der Waals surface area contributed by atoms with E-state index in [4.69, 9.17) is 5.73 Å². The average Bonchev–Trinajstić information content (AvgIpc) is 2.88. The van der Waals surface area contributed by atoms with Gasteiger partial charge in [0.2, 0.25) is 5.95 Å². The topological polar surface area (TPSA) is 72.9 Å². The number of hydrogen-bond donors (Lipinski definition) is 1. The van der Waals surface area contributed by atoms with Crippen molar-refractivity contribution in [3.8, 4) is 0 Å². The second kappa shape index (κ2) is 7.24. The zero-order valence-electron chi connectivity index (χ0n) is 13.3. The second-order valence-corrected chi connectivity index (χ2v) is 5.25. The molecule has 21 heavy (non-hydrogen) atoms. The molecule has 0 fully saturated rings. The summed E-state index contributed by atoms with van der Waals surface area (Å²) < 4.78 is 2.09. The van der Waals surface area contributed by atoms with E-state index < -0.39 is 0 Å². The molecule has 116 valence electrons. The first kappa shape index (κ1) is 15.5. The van der Waals surface area contributed by atoms with Crippen LogP contribution in [-0.2, 0) is 6.54 Å². The Balaban J connectivity index is 2.30. The van der Waals surface area contributed by atoms with Gasteiger partial charge in [0.1, 0.15) is 0 Å². The minimum absolute atomic E-state index is 0.319. The summed E-state index contributed by atoms with van der Waals surface area (Å²) in [6, 6.07) is 0. The molecule has 2 rings (SSSR count). The zero-order valence-corrected chi connectivity index (χ0v) is 13.3. The maximum atomic E-state index is 5.89. The lowest BCUT2D eigenvalue weighted by atomic mass is 10.2. The molecule has 2 aromatic heterocycles. The third-order valence-corrected chi connectivity index (χ3v) is 3.78. The molecular weight excluding hydrogens is 264 g/mol. The van der Waals surface area contributed by atoms with Crippen LogP contribution >= 0.6 is 0 Å². The van der Waals surface area contributed by atoms with Gasteiger partial charge in [-0.3, -0.25) is 0 Å². The number of nitrogens with two attached hydrogens (primary N) is 1. The lowest BCUT2D eigenvalue weighted by molar-refractivity contribution is 0.589. The third-order valence-electron chi connectivity index (χ3n) is 3.78. The Kier molecular flexibility index (Phi) is 5.36. The fourth-order valence-corrected chi connectivity index (χ4v) is 2.56. The van der Waals surface area contributed by atoms with Crippen LogP contribution in [0.5, 0.6) is 0 Å². The van der Waals surface area contributed by atoms with Crippen LogP contribution in [0.2, 0.25) is 0 Å². The van der Waals surface area contributed by atoms with Gasteiger partial charge in [-0.25, -0.2) is 4.98 Å². The van der Waals surface area contributed by atoms with Crippen LogP contribution in [0.1, 0.15) is 46.5 Å². The highest BCUT2D eigenvalue weighted by Crippen LogP contribution is 2.23. The van der Waals surface area contributed by atoms with Gasteiger partial charge in [-0.2, -0.15) is 9.97 Å². The largest absolute Gasteiger partial charge is 0.368 e. The number of fused-ring (bicyclic) bond motifs is 1. The van der Waals surface area contributed by atoms with Crippen LogP contribution in [0.25, 0.3) is 11.2 Å². The fraction of sp³-hybridized carbons (Fsp3) is 0.667. The van der Waals surface area contributed by atoms with Crippen LogP contribution in [0, 0.1) is 0 Å². The van der Waals surface area contributed by atoms with Gasteiger partial charge in [0.25, 0.3) is 0 Å². The Labute approximate surface area is 126 Å². The third kappa shape index (κ3) is 3.43. The van der Waals surface area contributed by atoms with E-state index in [1.54, 1.807) is 0 Å². The van der Waals surface area contributed by atoms with E-state index in [0.29, 0.717) is 5.95 Å². The van der Waals surface area contributed by atoms with Crippen molar-refractivity contribution in [3.63, 3.8) is 0 Å². The minimum Gasteiger partial charge on any atom is -0.368 e. The van der Waals surface area contributed by atoms with Crippen LogP contribution in [-0.4, -0.2) is 32.6 Å². The van der Waals surface area contributed by atoms with Crippen molar-refractivity contribution in [3.05, 3.63) is 6.33 Å². The molecule has 0 saturated heterocycles. The van der Waals surface area contributed by atoms with Crippen molar-refractivity contribution in [1.82, 2.24) is 19.5 Å². The number of hydrogen-bond acceptors (Lipinski definition) is 5. The van der Waals surface area contributed by atoms with Gasteiger partial charge in [-0.05, 0) is 20.3 Å². The summed E-state index contributed by atoms with van der Waals surface area (Å²) in [7, 11) is 0. The first-order valence-electron chi connectivity index (χ1n) is 7.94. The minimum atomic E-state index is 0.319. The van der Waals surface area contributed by atoms with Crippen LogP contribution in [0.15, 0.2) is 6.33 Å². The quantitative estimate of drug-likeness (QED) is 0.757. The molecule has 0 radical (unpaired) electrons. The van der Waals surface area contributed by atoms with E-state index in [0.717, 1.165) is 43.0 Å². The highest BCUT2D eigenvalue weighted by atomic mass is 15.2. The van der Waals surface area contributed by atoms with Gasteiger partial charge < -0.3 is 15.2 Å². The van der Waals surface area contributed by atoms with Crippen molar-refractivity contribution < 1.29 is 0 Å². The Morgan fingerprint density at radius 3 is 2.52 bits per heavy atom. The molecule has 0 unspecified atom stereocenters. The first-order valence-corrected chi connectivity index (χ1v) is 7.94. The molecule has 2 heterocycles. The molecule has 0 saturated carbocycles. The summed E-state index contributed by atoms with van der Waals surface area (Å²) in [6.45, 7) is 9.13. The predicted octanol–water partition coefficient (Wildman–Crippen LogP) is 2.83. The smallest absolute Gasteiger partial charge is 0.224 e. The Bertz CT molecular complexity index is 573. The summed E-state index contributed by atoms with van der Waals surface area (Å²) in [6.07, 6.45) is 6.75. The molecule has 2 aromatic rings. The molecule has 0 bridgehead atoms. The van der Waals surface area contributed by atoms with Crippen molar-refractivity contribution in [2.24, 2.45) is 0 Å². The SMILES string of the molecule is CCCCCCn1cnc2c(N(CC)CC)nc(N)nc21. The van der Waals surface area contributed by atoms with E-state index in [9.17, 15) is 0 Å². The maximum absolute atomic E-state index is 5.89. The Morgan fingerprint density at radius 2 is 1.86 bits per heavy atom. The molecule has 0 atom stereocenters. The van der Waals surface area contributed by atoms with Gasteiger partial charge in [0, 0.05) is 19.6 Å². The lowest BCUT2D eigenvalue weighted by Crippen LogP contribution is -2.24. The number of aryl methyl sites for hydroxylation is 1. The fourth-order valence-electron chi connectivity index (χ4n) is 2.56. The van der Waals surface area contributed by atoms with Gasteiger partial charge in [-0.15, -0.1) is 0 Å². The molecule has 0 aliphatic heterocycles. The molecule has 0 aromatic carbocycles. The molecule has 6 nitrogen and oxygen atoms in total. The summed E-state index contributed by atoms with van der Waals surface area (Å²) in [4.78, 5) is 15.4. The number of rotatable bonds is 8. The number of imidazole rings is 1. The normalized spacial score (nSPS) is 11.2. The van der Waals surface area contributed by atoms with Crippen LogP contribution in [0.4, 0.5) is 11.8 Å². The molecule has 0 aliphatic carbocycles. The average molecular weight is 290 g/mol. The summed E-state index contributed by atoms with van der Waals surface area (Å²) >= 11 is 0. The van der Waals surface area contributed by atoms with E-state index in [1.165, 1.54) is 19.3 Å². The number of nitrogens with zero attached hydrogens (tertiary/aromatic N) is 5. The number of aromatic nitrogens is 4. The van der Waals surface area contributed by atoms with E-state index in [-0.39, 0.29) is 0 Å². The maximum Gasteiger partial charge on any atom is 0.224 e. The van der Waals surface area contributed by atoms with Crippen LogP contribution in [0.3, 0.4) is 0 Å². The standard InChI is InChI=1S/C15H26N6/c1-4-7-8-9-10-21-11-17-12-13(20(5-2)6-3)18-15(16)19-14(12)21/h11H,4-10H2,1-3H3,(H2,16,18,19). The van der Waals surface area contributed by atoms with Crippen molar-refractivity contribution in [2.45, 2.75) is 53.0 Å². The second-order valence-electron chi connectivity index (χ2n) is 5.25. The van der Waals surface area contributed by atoms with Crippen molar-refractivity contribution in [2.75, 3.05) is 23.7 Å². The highest BCUT2D eigenvalue weighted by molar-refractivity contribution is 5.84. The summed E-state index contributed by atoms with van der Waals surface area (Å²) in [5.74, 6) is 1.16. The highest BCUT2D eigenvalue weighted by Gasteiger charge is 2.15. The van der Waals surface area contributed by atoms with Crippen LogP contribution < -0.4 is 10.6 Å². The number of nitrogen functional groups attached to an aromatic ring is 1. The number of anilines is 2. The zero-order chi connectivity index (χ0) is 15.2. The summed E-state index contributed by atoms with van der Waals surface area (Å²) in [5.41, 5.74) is 7.58. The lowest BCUT2D eigenvalue weighted by Gasteiger charge is -2.20. The van der Waals surface area contributed by atoms with E-state index in [1.807, 2.05) is 6.33 Å². The van der Waals surface area contributed by atoms with Crippen molar-refractivity contribution >= 4 is 22.9 Å². The van der Waals surface area contributed by atoms with Gasteiger partial charge in [-0.1, -0.05) is 26.2 Å². The Hall–Kier alpha value is -1.85. The predicted molar refractivity (Wildman–Crippen MR) is 87.4 cm³/mol. The molecule has 0 spiro atoms. The summed E-state index contributed by atoms with van der Waals surface area (Å²) in [5, 5.41) is 0. The van der Waals surface area contributed by atoms with E-state index in [2.05, 4.69) is 45.2 Å². The Morgan fingerprint density at radius 1 is 1.10 bits per heavy atom. The van der Waals surface area contributed by atoms with Gasteiger partial charge >= 0.3 is 0 Å². The molecule has 6 heteroatoms. The molecule has 2 N–H and O–H groups in total. The first-order chi connectivity index (χ1) is 10.2. The van der Waals surface area contributed by atoms with Crippen molar-refractivity contribution in [1.29, 1.82) is 0 Å². The van der Waals surface area contributed by atoms with Gasteiger partial charge in [0.05, 0.1) is 6.33 Å². The van der Waals surface area contributed by atoms with E-state index >= 15 is 0 Å². The molecule has 0 aliphatic rings. The molecule has 0 amide bonds.